The number of carbonyl (C=O) groups excluding carboxylic acids is 1. The van der Waals surface area contributed by atoms with E-state index in [4.69, 9.17) is 11.6 Å². The first-order valence-corrected chi connectivity index (χ1v) is 8.88. The van der Waals surface area contributed by atoms with Crippen LogP contribution in [0.25, 0.3) is 0 Å². The van der Waals surface area contributed by atoms with E-state index in [0.717, 1.165) is 35.5 Å². The van der Waals surface area contributed by atoms with Gasteiger partial charge in [0.2, 0.25) is 0 Å². The van der Waals surface area contributed by atoms with Gasteiger partial charge in [0.05, 0.1) is 0 Å². The summed E-state index contributed by atoms with van der Waals surface area (Å²) in [6.45, 7) is 0. The lowest BCUT2D eigenvalue weighted by molar-refractivity contribution is -0.115. The van der Waals surface area contributed by atoms with Crippen LogP contribution in [0.2, 0.25) is 5.02 Å². The SMILES string of the molecule is O=C1C=C(NC2Cc3ccccc3C2)C[C@H](c2ccccc2Cl)C1. The molecular weight excluding hydrogens is 318 g/mol. The van der Waals surface area contributed by atoms with E-state index >= 15 is 0 Å². The van der Waals surface area contributed by atoms with Gasteiger partial charge in [0.1, 0.15) is 0 Å². The molecule has 1 atom stereocenters. The average Bonchev–Trinajstić information content (AvgIpc) is 2.96. The largest absolute Gasteiger partial charge is 0.385 e. The zero-order chi connectivity index (χ0) is 16.5. The molecule has 122 valence electrons. The van der Waals surface area contributed by atoms with Crippen LogP contribution >= 0.6 is 11.6 Å². The van der Waals surface area contributed by atoms with Crippen molar-refractivity contribution in [2.75, 3.05) is 0 Å². The van der Waals surface area contributed by atoms with Crippen molar-refractivity contribution in [1.82, 2.24) is 5.32 Å². The van der Waals surface area contributed by atoms with Crippen LogP contribution in [-0.4, -0.2) is 11.8 Å². The highest BCUT2D eigenvalue weighted by molar-refractivity contribution is 6.31. The Morgan fingerprint density at radius 1 is 0.875 bits per heavy atom. The number of benzene rings is 2. The molecule has 0 unspecified atom stereocenters. The number of carbonyl (C=O) groups is 1. The molecule has 4 rings (SSSR count). The number of halogens is 1. The predicted octanol–water partition coefficient (Wildman–Crippen LogP) is 4.43. The first kappa shape index (κ1) is 15.5. The Balaban J connectivity index is 1.48. The normalized spacial score (nSPS) is 20.6. The summed E-state index contributed by atoms with van der Waals surface area (Å²) in [5.41, 5.74) is 4.96. The monoisotopic (exact) mass is 337 g/mol. The Morgan fingerprint density at radius 3 is 2.25 bits per heavy atom. The summed E-state index contributed by atoms with van der Waals surface area (Å²) in [4.78, 5) is 12.2. The second-order valence-electron chi connectivity index (χ2n) is 6.78. The molecule has 0 bridgehead atoms. The van der Waals surface area contributed by atoms with Crippen molar-refractivity contribution in [3.05, 3.63) is 82.0 Å². The fourth-order valence-electron chi connectivity index (χ4n) is 3.94. The number of nitrogens with one attached hydrogen (secondary N) is 1. The van der Waals surface area contributed by atoms with Gasteiger partial charge in [-0.25, -0.2) is 0 Å². The molecule has 3 heteroatoms. The summed E-state index contributed by atoms with van der Waals surface area (Å²) in [7, 11) is 0. The van der Waals surface area contributed by atoms with E-state index in [1.54, 1.807) is 6.08 Å². The highest BCUT2D eigenvalue weighted by Crippen LogP contribution is 2.35. The fourth-order valence-corrected chi connectivity index (χ4v) is 4.23. The minimum Gasteiger partial charge on any atom is -0.385 e. The maximum atomic E-state index is 12.2. The molecule has 0 spiro atoms. The van der Waals surface area contributed by atoms with Gasteiger partial charge in [-0.05, 0) is 47.9 Å². The van der Waals surface area contributed by atoms with Crippen LogP contribution in [0.5, 0.6) is 0 Å². The van der Waals surface area contributed by atoms with Gasteiger partial charge in [-0.2, -0.15) is 0 Å². The van der Waals surface area contributed by atoms with Crippen LogP contribution in [-0.2, 0) is 17.6 Å². The molecule has 2 aliphatic carbocycles. The summed E-state index contributed by atoms with van der Waals surface area (Å²) in [5, 5.41) is 4.37. The van der Waals surface area contributed by atoms with E-state index in [-0.39, 0.29) is 11.7 Å². The van der Waals surface area contributed by atoms with Gasteiger partial charge in [0, 0.05) is 29.3 Å². The lowest BCUT2D eigenvalue weighted by atomic mass is 9.85. The smallest absolute Gasteiger partial charge is 0.158 e. The van der Waals surface area contributed by atoms with Gasteiger partial charge >= 0.3 is 0 Å². The maximum absolute atomic E-state index is 12.2. The Labute approximate surface area is 147 Å². The predicted molar refractivity (Wildman–Crippen MR) is 97.3 cm³/mol. The van der Waals surface area contributed by atoms with Crippen LogP contribution in [0, 0.1) is 0 Å². The molecule has 0 fully saturated rings. The number of fused-ring (bicyclic) bond motifs is 1. The molecule has 2 aromatic carbocycles. The molecule has 2 aliphatic rings. The molecule has 0 heterocycles. The first-order chi connectivity index (χ1) is 11.7. The van der Waals surface area contributed by atoms with Gasteiger partial charge in [-0.1, -0.05) is 54.1 Å². The lowest BCUT2D eigenvalue weighted by Crippen LogP contribution is -2.32. The molecule has 24 heavy (non-hydrogen) atoms. The molecule has 0 saturated carbocycles. The third kappa shape index (κ3) is 3.11. The van der Waals surface area contributed by atoms with Gasteiger partial charge < -0.3 is 5.32 Å². The molecule has 2 aromatic rings. The second kappa shape index (κ2) is 6.45. The molecule has 2 nitrogen and oxygen atoms in total. The molecule has 0 amide bonds. The highest BCUT2D eigenvalue weighted by Gasteiger charge is 2.27. The van der Waals surface area contributed by atoms with Crippen molar-refractivity contribution >= 4 is 17.4 Å². The van der Waals surface area contributed by atoms with Gasteiger partial charge in [0.15, 0.2) is 5.78 Å². The Hall–Kier alpha value is -2.06. The van der Waals surface area contributed by atoms with Gasteiger partial charge in [-0.3, -0.25) is 4.79 Å². The van der Waals surface area contributed by atoms with Crippen molar-refractivity contribution in [1.29, 1.82) is 0 Å². The number of hydrogen-bond acceptors (Lipinski definition) is 2. The van der Waals surface area contributed by atoms with Gasteiger partial charge in [-0.15, -0.1) is 0 Å². The molecule has 0 aliphatic heterocycles. The molecule has 0 saturated heterocycles. The topological polar surface area (TPSA) is 29.1 Å². The van der Waals surface area contributed by atoms with E-state index in [1.165, 1.54) is 11.1 Å². The molecule has 0 aromatic heterocycles. The minimum absolute atomic E-state index is 0.169. The average molecular weight is 338 g/mol. The zero-order valence-corrected chi connectivity index (χ0v) is 14.2. The first-order valence-electron chi connectivity index (χ1n) is 8.50. The van der Waals surface area contributed by atoms with Crippen LogP contribution < -0.4 is 5.32 Å². The van der Waals surface area contributed by atoms with Crippen LogP contribution in [0.15, 0.2) is 60.3 Å². The van der Waals surface area contributed by atoms with Crippen molar-refractivity contribution in [3.63, 3.8) is 0 Å². The van der Waals surface area contributed by atoms with Crippen molar-refractivity contribution in [2.45, 2.75) is 37.6 Å². The number of rotatable bonds is 3. The Bertz CT molecular complexity index is 786. The number of hydrogen-bond donors (Lipinski definition) is 1. The van der Waals surface area contributed by atoms with Crippen LogP contribution in [0.4, 0.5) is 0 Å². The summed E-state index contributed by atoms with van der Waals surface area (Å²) in [6, 6.07) is 16.8. The van der Waals surface area contributed by atoms with E-state index in [2.05, 4.69) is 29.6 Å². The summed E-state index contributed by atoms with van der Waals surface area (Å²) < 4.78 is 0. The summed E-state index contributed by atoms with van der Waals surface area (Å²) in [6.07, 6.45) is 5.23. The highest BCUT2D eigenvalue weighted by atomic mass is 35.5. The van der Waals surface area contributed by atoms with E-state index in [1.807, 2.05) is 24.3 Å². The Kier molecular flexibility index (Phi) is 4.15. The van der Waals surface area contributed by atoms with Crippen molar-refractivity contribution < 1.29 is 4.79 Å². The third-order valence-corrected chi connectivity index (χ3v) is 5.38. The van der Waals surface area contributed by atoms with E-state index in [0.29, 0.717) is 12.5 Å². The van der Waals surface area contributed by atoms with Gasteiger partial charge in [0.25, 0.3) is 0 Å². The molecule has 0 radical (unpaired) electrons. The Morgan fingerprint density at radius 2 is 1.54 bits per heavy atom. The van der Waals surface area contributed by atoms with Crippen LogP contribution in [0.3, 0.4) is 0 Å². The molecule has 1 N–H and O–H groups in total. The quantitative estimate of drug-likeness (QED) is 0.897. The van der Waals surface area contributed by atoms with Crippen LogP contribution in [0.1, 0.15) is 35.4 Å². The fraction of sp³-hybridized carbons (Fsp3) is 0.286. The van der Waals surface area contributed by atoms with Crippen molar-refractivity contribution in [2.24, 2.45) is 0 Å². The number of ketones is 1. The third-order valence-electron chi connectivity index (χ3n) is 5.03. The minimum atomic E-state index is 0.169. The summed E-state index contributed by atoms with van der Waals surface area (Å²) >= 11 is 6.33. The van der Waals surface area contributed by atoms with E-state index < -0.39 is 0 Å². The standard InChI is InChI=1S/C21H20ClNO/c22-21-8-4-3-7-20(21)16-11-18(13-19(24)12-16)23-17-9-14-5-1-2-6-15(14)10-17/h1-8,13,16-17,23H,9-12H2/t16-/m0/s1. The van der Waals surface area contributed by atoms with E-state index in [9.17, 15) is 4.79 Å². The lowest BCUT2D eigenvalue weighted by Gasteiger charge is -2.26. The second-order valence-corrected chi connectivity index (χ2v) is 7.19. The van der Waals surface area contributed by atoms with Crippen molar-refractivity contribution in [3.8, 4) is 0 Å². The maximum Gasteiger partial charge on any atom is 0.158 e. The number of allylic oxidation sites excluding steroid dienone is 2. The molecular formula is C21H20ClNO. The summed E-state index contributed by atoms with van der Waals surface area (Å²) in [5.74, 6) is 0.353. The zero-order valence-electron chi connectivity index (χ0n) is 13.5.